The fourth-order valence-corrected chi connectivity index (χ4v) is 3.21. The van der Waals surface area contributed by atoms with Crippen molar-refractivity contribution in [3.05, 3.63) is 35.9 Å². The van der Waals surface area contributed by atoms with Crippen LogP contribution in [0, 0.1) is 5.41 Å². The lowest BCUT2D eigenvalue weighted by Crippen LogP contribution is -2.64. The average Bonchev–Trinajstić information content (AvgIpc) is 2.38. The highest BCUT2D eigenvalue weighted by atomic mass is 15.3. The first-order valence-electron chi connectivity index (χ1n) is 7.41. The first kappa shape index (κ1) is 14.5. The molecule has 0 radical (unpaired) electrons. The molecule has 0 aliphatic carbocycles. The summed E-state index contributed by atoms with van der Waals surface area (Å²) in [6.07, 6.45) is 0. The molecule has 0 spiro atoms. The van der Waals surface area contributed by atoms with Gasteiger partial charge in [-0.2, -0.15) is 0 Å². The molecule has 2 unspecified atom stereocenters. The van der Waals surface area contributed by atoms with Crippen molar-refractivity contribution in [2.45, 2.75) is 46.2 Å². The van der Waals surface area contributed by atoms with E-state index >= 15 is 0 Å². The number of rotatable bonds is 2. The molecule has 1 aromatic rings. The van der Waals surface area contributed by atoms with E-state index in [1.54, 1.807) is 0 Å². The second-order valence-electron chi connectivity index (χ2n) is 7.02. The topological polar surface area (TPSA) is 15.3 Å². The molecular weight excluding hydrogens is 232 g/mol. The summed E-state index contributed by atoms with van der Waals surface area (Å²) >= 11 is 0. The third kappa shape index (κ3) is 3.01. The Balaban J connectivity index is 2.21. The molecule has 1 fully saturated rings. The van der Waals surface area contributed by atoms with Crippen LogP contribution >= 0.6 is 0 Å². The highest BCUT2D eigenvalue weighted by Crippen LogP contribution is 2.32. The van der Waals surface area contributed by atoms with Gasteiger partial charge in [-0.05, 0) is 24.4 Å². The van der Waals surface area contributed by atoms with Crippen molar-refractivity contribution in [2.75, 3.05) is 19.6 Å². The number of piperazine rings is 1. The number of nitrogens with zero attached hydrogens (tertiary/aromatic N) is 1. The Bertz CT molecular complexity index is 407. The number of benzene rings is 1. The van der Waals surface area contributed by atoms with E-state index in [1.807, 2.05) is 0 Å². The van der Waals surface area contributed by atoms with Crippen LogP contribution in [0.3, 0.4) is 0 Å². The largest absolute Gasteiger partial charge is 0.305 e. The van der Waals surface area contributed by atoms with Crippen molar-refractivity contribution in [1.82, 2.24) is 10.2 Å². The van der Waals surface area contributed by atoms with Crippen LogP contribution in [0.4, 0.5) is 0 Å². The van der Waals surface area contributed by atoms with Gasteiger partial charge in [-0.15, -0.1) is 0 Å². The van der Waals surface area contributed by atoms with E-state index in [0.717, 1.165) is 19.6 Å². The fraction of sp³-hybridized carbons (Fsp3) is 0.647. The Labute approximate surface area is 118 Å². The minimum absolute atomic E-state index is 0.0685. The van der Waals surface area contributed by atoms with E-state index in [1.165, 1.54) is 5.56 Å². The molecule has 1 aliphatic rings. The molecule has 2 heteroatoms. The molecule has 106 valence electrons. The van der Waals surface area contributed by atoms with Crippen LogP contribution < -0.4 is 5.32 Å². The van der Waals surface area contributed by atoms with Crippen LogP contribution in [-0.2, 0) is 5.54 Å². The monoisotopic (exact) mass is 260 g/mol. The molecule has 2 rings (SSSR count). The van der Waals surface area contributed by atoms with Crippen LogP contribution in [0.1, 0.15) is 40.2 Å². The molecule has 19 heavy (non-hydrogen) atoms. The molecule has 1 aromatic carbocycles. The Morgan fingerprint density at radius 2 is 1.89 bits per heavy atom. The Kier molecular flexibility index (Phi) is 4.03. The summed E-state index contributed by atoms with van der Waals surface area (Å²) in [6.45, 7) is 14.9. The summed E-state index contributed by atoms with van der Waals surface area (Å²) in [7, 11) is 0. The van der Waals surface area contributed by atoms with E-state index in [2.05, 4.69) is 75.2 Å². The fourth-order valence-electron chi connectivity index (χ4n) is 3.21. The summed E-state index contributed by atoms with van der Waals surface area (Å²) in [5.74, 6) is 0. The number of nitrogens with one attached hydrogen (secondary N) is 1. The van der Waals surface area contributed by atoms with Gasteiger partial charge < -0.3 is 5.32 Å². The van der Waals surface area contributed by atoms with Crippen molar-refractivity contribution in [2.24, 2.45) is 5.41 Å². The van der Waals surface area contributed by atoms with E-state index in [9.17, 15) is 0 Å². The van der Waals surface area contributed by atoms with E-state index in [4.69, 9.17) is 0 Å². The van der Waals surface area contributed by atoms with Crippen LogP contribution in [0.25, 0.3) is 0 Å². The van der Waals surface area contributed by atoms with E-state index in [-0.39, 0.29) is 5.54 Å². The molecule has 0 amide bonds. The van der Waals surface area contributed by atoms with Crippen LogP contribution in [0.5, 0.6) is 0 Å². The van der Waals surface area contributed by atoms with Gasteiger partial charge >= 0.3 is 0 Å². The van der Waals surface area contributed by atoms with Gasteiger partial charge in [0.25, 0.3) is 0 Å². The summed E-state index contributed by atoms with van der Waals surface area (Å²) in [5, 5.41) is 3.79. The quantitative estimate of drug-likeness (QED) is 0.878. The highest BCUT2D eigenvalue weighted by Gasteiger charge is 2.40. The minimum atomic E-state index is 0.0685. The SMILES string of the molecule is CCN1CC(C)(c2ccccc2)NCC1C(C)(C)C. The first-order valence-corrected chi connectivity index (χ1v) is 7.41. The molecule has 2 atom stereocenters. The normalized spacial score (nSPS) is 29.4. The summed E-state index contributed by atoms with van der Waals surface area (Å²) < 4.78 is 0. The molecule has 0 aromatic heterocycles. The lowest BCUT2D eigenvalue weighted by molar-refractivity contribution is 0.0305. The predicted molar refractivity (Wildman–Crippen MR) is 82.3 cm³/mol. The molecule has 1 saturated heterocycles. The van der Waals surface area contributed by atoms with Crippen molar-refractivity contribution in [3.8, 4) is 0 Å². The molecule has 1 N–H and O–H groups in total. The van der Waals surface area contributed by atoms with E-state index in [0.29, 0.717) is 11.5 Å². The van der Waals surface area contributed by atoms with Gasteiger partial charge in [-0.3, -0.25) is 4.90 Å². The summed E-state index contributed by atoms with van der Waals surface area (Å²) in [4.78, 5) is 2.63. The van der Waals surface area contributed by atoms with Gasteiger partial charge in [-0.25, -0.2) is 0 Å². The predicted octanol–water partition coefficient (Wildman–Crippen LogP) is 3.24. The van der Waals surface area contributed by atoms with Crippen molar-refractivity contribution in [1.29, 1.82) is 0 Å². The van der Waals surface area contributed by atoms with Gasteiger partial charge in [0, 0.05) is 19.1 Å². The third-order valence-corrected chi connectivity index (χ3v) is 4.46. The Morgan fingerprint density at radius 3 is 2.42 bits per heavy atom. The average molecular weight is 260 g/mol. The summed E-state index contributed by atoms with van der Waals surface area (Å²) in [6, 6.07) is 11.4. The van der Waals surface area contributed by atoms with E-state index < -0.39 is 0 Å². The van der Waals surface area contributed by atoms with Gasteiger partial charge in [0.1, 0.15) is 0 Å². The molecule has 2 nitrogen and oxygen atoms in total. The van der Waals surface area contributed by atoms with Crippen LogP contribution in [0.2, 0.25) is 0 Å². The molecular formula is C17H28N2. The molecule has 1 aliphatic heterocycles. The maximum Gasteiger partial charge on any atom is 0.0535 e. The van der Waals surface area contributed by atoms with Crippen molar-refractivity contribution >= 4 is 0 Å². The lowest BCUT2D eigenvalue weighted by Gasteiger charge is -2.50. The Hall–Kier alpha value is -0.860. The van der Waals surface area contributed by atoms with Gasteiger partial charge in [0.15, 0.2) is 0 Å². The van der Waals surface area contributed by atoms with Gasteiger partial charge in [0.2, 0.25) is 0 Å². The summed E-state index contributed by atoms with van der Waals surface area (Å²) in [5.41, 5.74) is 1.78. The zero-order valence-electron chi connectivity index (χ0n) is 13.0. The van der Waals surface area contributed by atoms with Crippen molar-refractivity contribution < 1.29 is 0 Å². The van der Waals surface area contributed by atoms with Crippen LogP contribution in [-0.4, -0.2) is 30.6 Å². The third-order valence-electron chi connectivity index (χ3n) is 4.46. The maximum absolute atomic E-state index is 3.79. The second-order valence-corrected chi connectivity index (χ2v) is 7.02. The molecule has 1 heterocycles. The second kappa shape index (κ2) is 5.26. The molecule has 0 bridgehead atoms. The van der Waals surface area contributed by atoms with Crippen molar-refractivity contribution in [3.63, 3.8) is 0 Å². The smallest absolute Gasteiger partial charge is 0.0535 e. The Morgan fingerprint density at radius 1 is 1.26 bits per heavy atom. The highest BCUT2D eigenvalue weighted by molar-refractivity contribution is 5.25. The first-order chi connectivity index (χ1) is 8.87. The van der Waals surface area contributed by atoms with Gasteiger partial charge in [0.05, 0.1) is 5.54 Å². The maximum atomic E-state index is 3.79. The zero-order valence-corrected chi connectivity index (χ0v) is 13.0. The van der Waals surface area contributed by atoms with Crippen LogP contribution in [0.15, 0.2) is 30.3 Å². The molecule has 0 saturated carbocycles. The number of hydrogen-bond acceptors (Lipinski definition) is 2. The number of likely N-dealkylation sites (N-methyl/N-ethyl adjacent to an activating group) is 1. The standard InChI is InChI=1S/C17H28N2/c1-6-19-13-17(5,14-10-8-7-9-11-14)18-12-15(19)16(2,3)4/h7-11,15,18H,6,12-13H2,1-5H3. The lowest BCUT2D eigenvalue weighted by atomic mass is 9.80. The zero-order chi connectivity index (χ0) is 14.1. The minimum Gasteiger partial charge on any atom is -0.305 e. The van der Waals surface area contributed by atoms with Gasteiger partial charge in [-0.1, -0.05) is 58.0 Å². The number of hydrogen-bond donors (Lipinski definition) is 1.